The van der Waals surface area contributed by atoms with Crippen molar-refractivity contribution in [3.05, 3.63) is 11.9 Å². The zero-order valence-electron chi connectivity index (χ0n) is 12.0. The van der Waals surface area contributed by atoms with Crippen LogP contribution in [-0.4, -0.2) is 42.4 Å². The van der Waals surface area contributed by atoms with Crippen molar-refractivity contribution in [3.8, 4) is 0 Å². The number of hydrogen-bond donors (Lipinski definition) is 2. The first kappa shape index (κ1) is 14.0. The van der Waals surface area contributed by atoms with Crippen LogP contribution < -0.4 is 10.6 Å². The molecule has 1 aliphatic heterocycles. The Morgan fingerprint density at radius 3 is 2.79 bits per heavy atom. The molecule has 0 radical (unpaired) electrons. The van der Waals surface area contributed by atoms with Crippen molar-refractivity contribution in [1.82, 2.24) is 9.97 Å². The summed E-state index contributed by atoms with van der Waals surface area (Å²) in [7, 11) is 3.47. The van der Waals surface area contributed by atoms with Gasteiger partial charge >= 0.3 is 0 Å². The number of aromatic nitrogens is 2. The van der Waals surface area contributed by atoms with Gasteiger partial charge in [0, 0.05) is 26.8 Å². The normalized spacial score (nSPS) is 26.4. The summed E-state index contributed by atoms with van der Waals surface area (Å²) in [5, 5.41) is 6.51. The van der Waals surface area contributed by atoms with Crippen molar-refractivity contribution < 1.29 is 9.47 Å². The summed E-state index contributed by atoms with van der Waals surface area (Å²) in [5.74, 6) is 2.23. The predicted molar refractivity (Wildman–Crippen MR) is 74.4 cm³/mol. The summed E-state index contributed by atoms with van der Waals surface area (Å²) < 4.78 is 10.7. The van der Waals surface area contributed by atoms with Crippen LogP contribution >= 0.6 is 0 Å². The molecule has 0 bridgehead atoms. The second-order valence-corrected chi connectivity index (χ2v) is 5.04. The minimum atomic E-state index is -0.0935. The fraction of sp³-hybridized carbons (Fsp3) is 0.692. The maximum absolute atomic E-state index is 5.63. The molecule has 0 aromatic carbocycles. The van der Waals surface area contributed by atoms with Crippen molar-refractivity contribution >= 4 is 11.6 Å². The molecular formula is C13H22N4O2. The topological polar surface area (TPSA) is 68.3 Å². The SMILES string of the molecule is CNc1cc(NC2(C)CCOC2C)nc(COC)n1. The predicted octanol–water partition coefficient (Wildman–Crippen LogP) is 1.64. The number of ether oxygens (including phenoxy) is 2. The number of anilines is 2. The van der Waals surface area contributed by atoms with Gasteiger partial charge in [-0.3, -0.25) is 0 Å². The van der Waals surface area contributed by atoms with E-state index in [0.717, 1.165) is 24.7 Å². The first-order valence-corrected chi connectivity index (χ1v) is 6.52. The molecule has 6 heteroatoms. The lowest BCUT2D eigenvalue weighted by atomic mass is 9.95. The van der Waals surface area contributed by atoms with E-state index < -0.39 is 0 Å². The van der Waals surface area contributed by atoms with Gasteiger partial charge in [-0.25, -0.2) is 9.97 Å². The highest BCUT2D eigenvalue weighted by Gasteiger charge is 2.37. The molecule has 0 saturated carbocycles. The van der Waals surface area contributed by atoms with Gasteiger partial charge in [-0.2, -0.15) is 0 Å². The van der Waals surface area contributed by atoms with Crippen molar-refractivity contribution in [2.24, 2.45) is 0 Å². The Kier molecular flexibility index (Phi) is 4.21. The monoisotopic (exact) mass is 266 g/mol. The maximum atomic E-state index is 5.63. The van der Waals surface area contributed by atoms with Gasteiger partial charge < -0.3 is 20.1 Å². The summed E-state index contributed by atoms with van der Waals surface area (Å²) in [6.45, 7) is 5.41. The Morgan fingerprint density at radius 1 is 1.47 bits per heavy atom. The molecule has 2 atom stereocenters. The van der Waals surface area contributed by atoms with Crippen molar-refractivity contribution in [2.45, 2.75) is 38.5 Å². The van der Waals surface area contributed by atoms with Crippen LogP contribution in [-0.2, 0) is 16.1 Å². The molecule has 1 aromatic rings. The molecule has 0 aliphatic carbocycles. The summed E-state index contributed by atoms with van der Waals surface area (Å²) in [6.07, 6.45) is 1.12. The third-order valence-electron chi connectivity index (χ3n) is 3.60. The average molecular weight is 266 g/mol. The lowest BCUT2D eigenvalue weighted by Crippen LogP contribution is -2.41. The summed E-state index contributed by atoms with van der Waals surface area (Å²) in [6, 6.07) is 1.90. The molecule has 106 valence electrons. The average Bonchev–Trinajstić information content (AvgIpc) is 2.69. The highest BCUT2D eigenvalue weighted by molar-refractivity contribution is 5.49. The molecule has 2 N–H and O–H groups in total. The molecule has 1 aliphatic rings. The van der Waals surface area contributed by atoms with Gasteiger partial charge in [0.1, 0.15) is 18.2 Å². The Bertz CT molecular complexity index is 441. The van der Waals surface area contributed by atoms with E-state index in [-0.39, 0.29) is 11.6 Å². The second-order valence-electron chi connectivity index (χ2n) is 5.04. The highest BCUT2D eigenvalue weighted by atomic mass is 16.5. The molecule has 19 heavy (non-hydrogen) atoms. The maximum Gasteiger partial charge on any atom is 0.158 e. The van der Waals surface area contributed by atoms with Crippen LogP contribution in [0.2, 0.25) is 0 Å². The fourth-order valence-corrected chi connectivity index (χ4v) is 2.17. The van der Waals surface area contributed by atoms with E-state index in [1.165, 1.54) is 0 Å². The van der Waals surface area contributed by atoms with E-state index in [4.69, 9.17) is 9.47 Å². The van der Waals surface area contributed by atoms with Crippen molar-refractivity contribution in [1.29, 1.82) is 0 Å². The first-order valence-electron chi connectivity index (χ1n) is 6.52. The minimum absolute atomic E-state index is 0.0935. The van der Waals surface area contributed by atoms with Crippen LogP contribution in [0.4, 0.5) is 11.6 Å². The Hall–Kier alpha value is -1.40. The van der Waals surface area contributed by atoms with Crippen LogP contribution in [0.15, 0.2) is 6.07 Å². The molecule has 2 heterocycles. The highest BCUT2D eigenvalue weighted by Crippen LogP contribution is 2.29. The first-order chi connectivity index (χ1) is 9.07. The lowest BCUT2D eigenvalue weighted by molar-refractivity contribution is 0.105. The molecule has 0 amide bonds. The molecule has 1 fully saturated rings. The zero-order chi connectivity index (χ0) is 13.9. The summed E-state index contributed by atoms with van der Waals surface area (Å²) in [4.78, 5) is 8.81. The van der Waals surface area contributed by atoms with Crippen LogP contribution in [0.1, 0.15) is 26.1 Å². The van der Waals surface area contributed by atoms with Gasteiger partial charge in [0.2, 0.25) is 0 Å². The number of rotatable bonds is 5. The van der Waals surface area contributed by atoms with Gasteiger partial charge in [0.25, 0.3) is 0 Å². The molecule has 1 saturated heterocycles. The Balaban J connectivity index is 2.21. The van der Waals surface area contributed by atoms with E-state index in [9.17, 15) is 0 Å². The van der Waals surface area contributed by atoms with Crippen molar-refractivity contribution in [2.75, 3.05) is 31.4 Å². The van der Waals surface area contributed by atoms with Gasteiger partial charge in [-0.15, -0.1) is 0 Å². The van der Waals surface area contributed by atoms with E-state index in [0.29, 0.717) is 12.4 Å². The molecule has 1 aromatic heterocycles. The van der Waals surface area contributed by atoms with E-state index in [1.807, 2.05) is 13.1 Å². The van der Waals surface area contributed by atoms with Gasteiger partial charge in [-0.1, -0.05) is 0 Å². The van der Waals surface area contributed by atoms with Gasteiger partial charge in [0.15, 0.2) is 5.82 Å². The second kappa shape index (κ2) is 5.71. The van der Waals surface area contributed by atoms with Crippen LogP contribution in [0, 0.1) is 0 Å². The molecular weight excluding hydrogens is 244 g/mol. The van der Waals surface area contributed by atoms with Gasteiger partial charge in [0.05, 0.1) is 11.6 Å². The Morgan fingerprint density at radius 2 is 2.21 bits per heavy atom. The van der Waals surface area contributed by atoms with Crippen molar-refractivity contribution in [3.63, 3.8) is 0 Å². The minimum Gasteiger partial charge on any atom is -0.377 e. The van der Waals surface area contributed by atoms with Crippen LogP contribution in [0.25, 0.3) is 0 Å². The molecule has 6 nitrogen and oxygen atoms in total. The number of nitrogens with one attached hydrogen (secondary N) is 2. The zero-order valence-corrected chi connectivity index (χ0v) is 12.0. The van der Waals surface area contributed by atoms with Gasteiger partial charge in [-0.05, 0) is 20.3 Å². The lowest BCUT2D eigenvalue weighted by Gasteiger charge is -2.29. The van der Waals surface area contributed by atoms with E-state index in [2.05, 4.69) is 34.4 Å². The van der Waals surface area contributed by atoms with Crippen LogP contribution in [0.3, 0.4) is 0 Å². The number of nitrogens with zero attached hydrogens (tertiary/aromatic N) is 2. The van der Waals surface area contributed by atoms with E-state index in [1.54, 1.807) is 7.11 Å². The molecule has 2 unspecified atom stereocenters. The number of hydrogen-bond acceptors (Lipinski definition) is 6. The standard InChI is InChI=1S/C13H22N4O2/c1-9-13(2,5-6-19-9)17-11-7-10(14-3)15-12(16-11)8-18-4/h7,9H,5-6,8H2,1-4H3,(H2,14,15,16,17). The number of methoxy groups -OCH3 is 1. The quantitative estimate of drug-likeness (QED) is 0.844. The summed E-state index contributed by atoms with van der Waals surface area (Å²) >= 11 is 0. The molecule has 2 rings (SSSR count). The third kappa shape index (κ3) is 3.13. The summed E-state index contributed by atoms with van der Waals surface area (Å²) in [5.41, 5.74) is -0.0935. The van der Waals surface area contributed by atoms with E-state index >= 15 is 0 Å². The smallest absolute Gasteiger partial charge is 0.158 e. The van der Waals surface area contributed by atoms with Crippen LogP contribution in [0.5, 0.6) is 0 Å². The fourth-order valence-electron chi connectivity index (χ4n) is 2.17. The molecule has 0 spiro atoms. The third-order valence-corrected chi connectivity index (χ3v) is 3.60. The Labute approximate surface area is 113 Å². The largest absolute Gasteiger partial charge is 0.377 e.